The highest BCUT2D eigenvalue weighted by Crippen LogP contribution is 2.33. The lowest BCUT2D eigenvalue weighted by Gasteiger charge is -2.34. The third kappa shape index (κ3) is 3.31. The zero-order valence-corrected chi connectivity index (χ0v) is 18.2. The predicted octanol–water partition coefficient (Wildman–Crippen LogP) is 2.91. The van der Waals surface area contributed by atoms with E-state index in [4.69, 9.17) is 9.47 Å². The van der Waals surface area contributed by atoms with Gasteiger partial charge in [0.25, 0.3) is 5.91 Å². The lowest BCUT2D eigenvalue weighted by Crippen LogP contribution is -2.48. The Hall–Kier alpha value is -2.65. The Labute approximate surface area is 179 Å². The van der Waals surface area contributed by atoms with Crippen molar-refractivity contribution in [3.05, 3.63) is 40.2 Å². The molecule has 1 amide bonds. The molecular formula is C21H25N5O3S. The summed E-state index contributed by atoms with van der Waals surface area (Å²) in [5.74, 6) is 2.89. The van der Waals surface area contributed by atoms with E-state index in [1.807, 2.05) is 28.4 Å². The minimum absolute atomic E-state index is 0.0976. The molecule has 0 aliphatic carbocycles. The highest BCUT2D eigenvalue weighted by Gasteiger charge is 2.27. The van der Waals surface area contributed by atoms with Crippen LogP contribution in [0.1, 0.15) is 46.5 Å². The van der Waals surface area contributed by atoms with Crippen LogP contribution in [-0.4, -0.2) is 63.3 Å². The Bertz CT molecular complexity index is 1100. The minimum Gasteiger partial charge on any atom is -0.454 e. The van der Waals surface area contributed by atoms with Gasteiger partial charge in [0.05, 0.1) is 0 Å². The molecule has 2 aliphatic heterocycles. The fourth-order valence-electron chi connectivity index (χ4n) is 4.05. The van der Waals surface area contributed by atoms with E-state index >= 15 is 0 Å². The number of nitrogens with zero attached hydrogens (tertiary/aromatic N) is 5. The van der Waals surface area contributed by atoms with Gasteiger partial charge in [0, 0.05) is 44.3 Å². The Morgan fingerprint density at radius 1 is 1.13 bits per heavy atom. The van der Waals surface area contributed by atoms with Crippen molar-refractivity contribution in [1.29, 1.82) is 0 Å². The minimum atomic E-state index is 0.0976. The van der Waals surface area contributed by atoms with Crippen molar-refractivity contribution in [2.24, 2.45) is 0 Å². The molecule has 1 saturated heterocycles. The van der Waals surface area contributed by atoms with Crippen LogP contribution in [0.5, 0.6) is 11.5 Å². The molecule has 0 saturated carbocycles. The summed E-state index contributed by atoms with van der Waals surface area (Å²) in [6, 6.07) is 6.09. The summed E-state index contributed by atoms with van der Waals surface area (Å²) in [4.78, 5) is 19.1. The maximum atomic E-state index is 13.2. The zero-order chi connectivity index (χ0) is 20.8. The number of aromatic nitrogens is 3. The number of carbonyl (C=O) groups excluding carboxylic acids is 1. The van der Waals surface area contributed by atoms with E-state index in [0.717, 1.165) is 65.6 Å². The fraction of sp³-hybridized carbons (Fsp3) is 0.476. The fourth-order valence-corrected chi connectivity index (χ4v) is 5.09. The van der Waals surface area contributed by atoms with Crippen molar-refractivity contribution in [1.82, 2.24) is 24.4 Å². The molecule has 1 fully saturated rings. The molecule has 158 valence electrons. The van der Waals surface area contributed by atoms with Crippen molar-refractivity contribution < 1.29 is 14.3 Å². The highest BCUT2D eigenvalue weighted by atomic mass is 32.1. The van der Waals surface area contributed by atoms with Crippen molar-refractivity contribution in [3.63, 3.8) is 0 Å². The molecule has 0 radical (unpaired) electrons. The highest BCUT2D eigenvalue weighted by molar-refractivity contribution is 7.19. The second kappa shape index (κ2) is 7.55. The Kier molecular flexibility index (Phi) is 4.86. The molecular weight excluding hydrogens is 402 g/mol. The molecule has 30 heavy (non-hydrogen) atoms. The molecule has 0 atom stereocenters. The van der Waals surface area contributed by atoms with Crippen LogP contribution in [-0.2, 0) is 6.54 Å². The number of aryl methyl sites for hydroxylation is 1. The molecule has 0 bridgehead atoms. The monoisotopic (exact) mass is 427 g/mol. The Morgan fingerprint density at radius 2 is 1.90 bits per heavy atom. The first-order valence-electron chi connectivity index (χ1n) is 10.3. The zero-order valence-electron chi connectivity index (χ0n) is 17.4. The molecule has 1 aromatic carbocycles. The van der Waals surface area contributed by atoms with Crippen LogP contribution in [0.4, 0.5) is 0 Å². The number of hydrogen-bond acceptors (Lipinski definition) is 7. The number of thiazole rings is 1. The smallest absolute Gasteiger partial charge is 0.265 e. The molecule has 4 heterocycles. The van der Waals surface area contributed by atoms with Gasteiger partial charge in [-0.25, -0.2) is 0 Å². The third-order valence-electron chi connectivity index (χ3n) is 5.73. The van der Waals surface area contributed by atoms with Crippen molar-refractivity contribution in [3.8, 4) is 11.5 Å². The van der Waals surface area contributed by atoms with Crippen LogP contribution in [0.15, 0.2) is 18.2 Å². The summed E-state index contributed by atoms with van der Waals surface area (Å²) in [6.45, 7) is 10.4. The molecule has 2 aliphatic rings. The number of rotatable bonds is 4. The topological polar surface area (TPSA) is 72.2 Å². The summed E-state index contributed by atoms with van der Waals surface area (Å²) < 4.78 is 12.9. The van der Waals surface area contributed by atoms with Gasteiger partial charge in [0.15, 0.2) is 11.5 Å². The first-order valence-corrected chi connectivity index (χ1v) is 11.1. The second-order valence-electron chi connectivity index (χ2n) is 8.10. The van der Waals surface area contributed by atoms with Gasteiger partial charge >= 0.3 is 0 Å². The van der Waals surface area contributed by atoms with E-state index in [2.05, 4.69) is 35.0 Å². The molecule has 0 unspecified atom stereocenters. The van der Waals surface area contributed by atoms with Gasteiger partial charge in [0.1, 0.15) is 10.7 Å². The Morgan fingerprint density at radius 3 is 2.67 bits per heavy atom. The van der Waals surface area contributed by atoms with Crippen LogP contribution in [0, 0.1) is 6.92 Å². The molecule has 0 spiro atoms. The number of amides is 1. The molecule has 0 N–H and O–H groups in total. The Balaban J connectivity index is 1.25. The number of piperazine rings is 1. The van der Waals surface area contributed by atoms with Gasteiger partial charge in [-0.15, -0.1) is 10.2 Å². The van der Waals surface area contributed by atoms with Crippen LogP contribution in [0.2, 0.25) is 0 Å². The van der Waals surface area contributed by atoms with Gasteiger partial charge in [-0.3, -0.25) is 14.1 Å². The average Bonchev–Trinajstić information content (AvgIpc) is 3.44. The summed E-state index contributed by atoms with van der Waals surface area (Å²) in [5, 5.41) is 8.54. The van der Waals surface area contributed by atoms with E-state index in [1.54, 1.807) is 0 Å². The van der Waals surface area contributed by atoms with E-state index in [1.165, 1.54) is 16.9 Å². The lowest BCUT2D eigenvalue weighted by molar-refractivity contribution is 0.0632. The van der Waals surface area contributed by atoms with Gasteiger partial charge in [-0.2, -0.15) is 0 Å². The summed E-state index contributed by atoms with van der Waals surface area (Å²) in [6.07, 6.45) is 0. The molecule has 8 nitrogen and oxygen atoms in total. The molecule has 3 aromatic rings. The molecule has 2 aromatic heterocycles. The first kappa shape index (κ1) is 19.3. The molecule has 5 rings (SSSR count). The summed E-state index contributed by atoms with van der Waals surface area (Å²) in [5.41, 5.74) is 2.14. The number of benzene rings is 1. The van der Waals surface area contributed by atoms with E-state index in [-0.39, 0.29) is 11.8 Å². The number of fused-ring (bicyclic) bond motifs is 2. The van der Waals surface area contributed by atoms with E-state index < -0.39 is 0 Å². The van der Waals surface area contributed by atoms with E-state index in [9.17, 15) is 4.79 Å². The van der Waals surface area contributed by atoms with Crippen LogP contribution >= 0.6 is 11.3 Å². The SMILES string of the molecule is Cc1c(C(=O)N2CCN(Cc3ccc4c(c3)OCO4)CC2)sc2nnc(C(C)C)n12. The van der Waals surface area contributed by atoms with Gasteiger partial charge in [-0.05, 0) is 24.6 Å². The maximum absolute atomic E-state index is 13.2. The average molecular weight is 428 g/mol. The predicted molar refractivity (Wildman–Crippen MR) is 113 cm³/mol. The van der Waals surface area contributed by atoms with Gasteiger partial charge in [-0.1, -0.05) is 31.3 Å². The van der Waals surface area contributed by atoms with Crippen molar-refractivity contribution in [2.75, 3.05) is 33.0 Å². The number of hydrogen-bond donors (Lipinski definition) is 0. The first-order chi connectivity index (χ1) is 14.5. The van der Waals surface area contributed by atoms with Crippen molar-refractivity contribution in [2.45, 2.75) is 33.2 Å². The normalized spacial score (nSPS) is 16.7. The third-order valence-corrected chi connectivity index (χ3v) is 6.85. The second-order valence-corrected chi connectivity index (χ2v) is 9.08. The van der Waals surface area contributed by atoms with Gasteiger partial charge < -0.3 is 14.4 Å². The van der Waals surface area contributed by atoms with E-state index in [0.29, 0.717) is 6.79 Å². The summed E-state index contributed by atoms with van der Waals surface area (Å²) >= 11 is 1.44. The van der Waals surface area contributed by atoms with Crippen LogP contribution < -0.4 is 9.47 Å². The summed E-state index contributed by atoms with van der Waals surface area (Å²) in [7, 11) is 0. The maximum Gasteiger partial charge on any atom is 0.265 e. The number of ether oxygens (including phenoxy) is 2. The molecule has 9 heteroatoms. The quantitative estimate of drug-likeness (QED) is 0.638. The van der Waals surface area contributed by atoms with Gasteiger partial charge in [0.2, 0.25) is 11.8 Å². The standard InChI is InChI=1S/C21H25N5O3S/c1-13(2)19-22-23-21-26(19)14(3)18(30-21)20(27)25-8-6-24(7-9-25)11-15-4-5-16-17(10-15)29-12-28-16/h4-5,10,13H,6-9,11-12H2,1-3H3. The van der Waals surface area contributed by atoms with Crippen LogP contribution in [0.25, 0.3) is 4.96 Å². The lowest BCUT2D eigenvalue weighted by atomic mass is 10.1. The van der Waals surface area contributed by atoms with Crippen molar-refractivity contribution >= 4 is 22.2 Å². The number of carbonyl (C=O) groups is 1. The largest absolute Gasteiger partial charge is 0.454 e. The van der Waals surface area contributed by atoms with Crippen LogP contribution in [0.3, 0.4) is 0 Å².